The molecule has 2 aromatic rings. The first-order chi connectivity index (χ1) is 14.5. The third-order valence-corrected chi connectivity index (χ3v) is 4.46. The number of nitrogens with one attached hydrogen (secondary N) is 2. The number of halogens is 1. The number of hydrogen-bond acceptors (Lipinski definition) is 5. The van der Waals surface area contributed by atoms with Gasteiger partial charge in [-0.15, -0.1) is 0 Å². The Hall–Kier alpha value is -3.33. The van der Waals surface area contributed by atoms with Gasteiger partial charge in [0.15, 0.2) is 0 Å². The monoisotopic (exact) mass is 411 g/mol. The molecule has 0 aromatic heterocycles. The maximum atomic E-state index is 13.4. The third kappa shape index (κ3) is 6.08. The summed E-state index contributed by atoms with van der Waals surface area (Å²) in [6.07, 6.45) is 4.46. The van der Waals surface area contributed by atoms with E-state index in [0.29, 0.717) is 37.4 Å². The van der Waals surface area contributed by atoms with Crippen LogP contribution in [0.5, 0.6) is 0 Å². The SMILES string of the molecule is O=C(/C=C/c1ccc(C=C(C(=O)NN2CCOCC2)c2ccc(F)cc2)cc1)NO. The fourth-order valence-corrected chi connectivity index (χ4v) is 2.87. The van der Waals surface area contributed by atoms with Crippen LogP contribution in [0.4, 0.5) is 4.39 Å². The molecule has 1 aliphatic rings. The number of nitrogens with zero attached hydrogens (tertiary/aromatic N) is 1. The Morgan fingerprint density at radius 1 is 1.00 bits per heavy atom. The standard InChI is InChI=1S/C22H22FN3O4/c23-19-8-6-18(7-9-19)20(22(28)24-26-11-13-30-14-12-26)15-17-3-1-16(2-4-17)5-10-21(27)25-29/h1-10,15,29H,11-14H2,(H,24,28)(H,25,27)/b10-5+,20-15?. The highest BCUT2D eigenvalue weighted by molar-refractivity contribution is 6.24. The number of amides is 2. The first kappa shape index (κ1) is 21.4. The fourth-order valence-electron chi connectivity index (χ4n) is 2.87. The Morgan fingerprint density at radius 3 is 2.27 bits per heavy atom. The Bertz CT molecular complexity index is 934. The van der Waals surface area contributed by atoms with Crippen LogP contribution in [0.1, 0.15) is 16.7 Å². The molecular weight excluding hydrogens is 389 g/mol. The van der Waals surface area contributed by atoms with Crippen LogP contribution in [-0.2, 0) is 14.3 Å². The lowest BCUT2D eigenvalue weighted by molar-refractivity contribution is -0.124. The number of hydroxylamine groups is 1. The van der Waals surface area contributed by atoms with E-state index >= 15 is 0 Å². The first-order valence-electron chi connectivity index (χ1n) is 9.39. The average Bonchev–Trinajstić information content (AvgIpc) is 2.78. The van der Waals surface area contributed by atoms with Crippen LogP contribution in [0.25, 0.3) is 17.7 Å². The number of hydrogen-bond donors (Lipinski definition) is 3. The van der Waals surface area contributed by atoms with Gasteiger partial charge in [0, 0.05) is 24.7 Å². The van der Waals surface area contributed by atoms with E-state index in [1.807, 2.05) is 0 Å². The van der Waals surface area contributed by atoms with E-state index in [1.54, 1.807) is 53.6 Å². The molecule has 0 saturated carbocycles. The summed E-state index contributed by atoms with van der Waals surface area (Å²) in [4.78, 5) is 24.0. The molecule has 3 N–H and O–H groups in total. The van der Waals surface area contributed by atoms with Crippen molar-refractivity contribution >= 4 is 29.5 Å². The lowest BCUT2D eigenvalue weighted by Gasteiger charge is -2.27. The van der Waals surface area contributed by atoms with Gasteiger partial charge in [-0.25, -0.2) is 14.9 Å². The second-order valence-corrected chi connectivity index (χ2v) is 6.58. The predicted molar refractivity (Wildman–Crippen MR) is 110 cm³/mol. The smallest absolute Gasteiger partial charge is 0.267 e. The molecule has 0 unspecified atom stereocenters. The van der Waals surface area contributed by atoms with Crippen LogP contribution in [0.15, 0.2) is 54.6 Å². The average molecular weight is 411 g/mol. The molecule has 1 aliphatic heterocycles. The van der Waals surface area contributed by atoms with E-state index < -0.39 is 5.91 Å². The number of hydrazine groups is 1. The first-order valence-corrected chi connectivity index (χ1v) is 9.39. The maximum absolute atomic E-state index is 13.4. The van der Waals surface area contributed by atoms with E-state index in [0.717, 1.165) is 11.1 Å². The van der Waals surface area contributed by atoms with Crippen LogP contribution in [0.3, 0.4) is 0 Å². The molecule has 1 heterocycles. The van der Waals surface area contributed by atoms with Crippen LogP contribution >= 0.6 is 0 Å². The van der Waals surface area contributed by atoms with Crippen molar-refractivity contribution < 1.29 is 23.9 Å². The van der Waals surface area contributed by atoms with Crippen LogP contribution in [0.2, 0.25) is 0 Å². The molecule has 1 saturated heterocycles. The minimum absolute atomic E-state index is 0.299. The molecule has 156 valence electrons. The molecule has 0 radical (unpaired) electrons. The van der Waals surface area contributed by atoms with Gasteiger partial charge in [-0.05, 0) is 41.0 Å². The van der Waals surface area contributed by atoms with Gasteiger partial charge in [-0.2, -0.15) is 0 Å². The number of rotatable bonds is 6. The quantitative estimate of drug-likeness (QED) is 0.294. The summed E-state index contributed by atoms with van der Waals surface area (Å²) < 4.78 is 18.7. The molecule has 7 nitrogen and oxygen atoms in total. The molecule has 0 spiro atoms. The summed E-state index contributed by atoms with van der Waals surface area (Å²) in [5.41, 5.74) is 6.89. The lowest BCUT2D eigenvalue weighted by Crippen LogP contribution is -2.48. The molecule has 3 rings (SSSR count). The molecule has 0 bridgehead atoms. The zero-order valence-electron chi connectivity index (χ0n) is 16.2. The topological polar surface area (TPSA) is 90.9 Å². The van der Waals surface area contributed by atoms with Gasteiger partial charge in [0.2, 0.25) is 0 Å². The third-order valence-electron chi connectivity index (χ3n) is 4.46. The summed E-state index contributed by atoms with van der Waals surface area (Å²) in [7, 11) is 0. The number of benzene rings is 2. The maximum Gasteiger partial charge on any atom is 0.267 e. The van der Waals surface area contributed by atoms with E-state index in [2.05, 4.69) is 5.43 Å². The minimum atomic E-state index is -0.627. The molecule has 8 heteroatoms. The number of morpholine rings is 1. The lowest BCUT2D eigenvalue weighted by atomic mass is 10.0. The number of ether oxygens (including phenoxy) is 1. The molecule has 2 aromatic carbocycles. The van der Waals surface area contributed by atoms with Crippen molar-refractivity contribution in [1.29, 1.82) is 0 Å². The normalized spacial score (nSPS) is 15.2. The molecule has 2 amide bonds. The van der Waals surface area contributed by atoms with Gasteiger partial charge in [-0.3, -0.25) is 20.2 Å². The zero-order valence-corrected chi connectivity index (χ0v) is 16.2. The summed E-state index contributed by atoms with van der Waals surface area (Å²) in [6, 6.07) is 12.9. The van der Waals surface area contributed by atoms with E-state index in [-0.39, 0.29) is 11.7 Å². The second kappa shape index (κ2) is 10.4. The van der Waals surface area contributed by atoms with Crippen molar-refractivity contribution in [3.8, 4) is 0 Å². The number of carbonyl (C=O) groups is 2. The largest absolute Gasteiger partial charge is 0.379 e. The van der Waals surface area contributed by atoms with Crippen molar-refractivity contribution in [3.05, 3.63) is 77.1 Å². The number of carbonyl (C=O) groups excluding carboxylic acids is 2. The minimum Gasteiger partial charge on any atom is -0.379 e. The van der Waals surface area contributed by atoms with Crippen LogP contribution < -0.4 is 10.9 Å². The van der Waals surface area contributed by atoms with Gasteiger partial charge in [0.05, 0.1) is 13.2 Å². The van der Waals surface area contributed by atoms with Gasteiger partial charge < -0.3 is 4.74 Å². The van der Waals surface area contributed by atoms with Crippen molar-refractivity contribution in [3.63, 3.8) is 0 Å². The highest BCUT2D eigenvalue weighted by Crippen LogP contribution is 2.20. The van der Waals surface area contributed by atoms with Gasteiger partial charge in [0.25, 0.3) is 11.8 Å². The highest BCUT2D eigenvalue weighted by Gasteiger charge is 2.17. The molecule has 30 heavy (non-hydrogen) atoms. The van der Waals surface area contributed by atoms with Crippen LogP contribution in [0, 0.1) is 5.82 Å². The molecular formula is C22H22FN3O4. The van der Waals surface area contributed by atoms with Crippen molar-refractivity contribution in [2.24, 2.45) is 0 Å². The summed E-state index contributed by atoms with van der Waals surface area (Å²) >= 11 is 0. The molecule has 0 aliphatic carbocycles. The van der Waals surface area contributed by atoms with E-state index in [9.17, 15) is 14.0 Å². The fraction of sp³-hybridized carbons (Fsp3) is 0.182. The second-order valence-electron chi connectivity index (χ2n) is 6.58. The molecule has 1 fully saturated rings. The zero-order chi connectivity index (χ0) is 21.3. The predicted octanol–water partition coefficient (Wildman–Crippen LogP) is 2.25. The summed E-state index contributed by atoms with van der Waals surface area (Å²) in [5, 5.41) is 10.3. The van der Waals surface area contributed by atoms with Gasteiger partial charge in [0.1, 0.15) is 5.82 Å². The Balaban J connectivity index is 1.84. The Labute approximate surface area is 173 Å². The Kier molecular flexibility index (Phi) is 7.45. The summed E-state index contributed by atoms with van der Waals surface area (Å²) in [5.74, 6) is -1.31. The summed E-state index contributed by atoms with van der Waals surface area (Å²) in [6.45, 7) is 2.26. The van der Waals surface area contributed by atoms with Crippen molar-refractivity contribution in [1.82, 2.24) is 15.9 Å². The van der Waals surface area contributed by atoms with Crippen molar-refractivity contribution in [2.45, 2.75) is 0 Å². The Morgan fingerprint density at radius 2 is 1.63 bits per heavy atom. The highest BCUT2D eigenvalue weighted by atomic mass is 19.1. The van der Waals surface area contributed by atoms with Crippen molar-refractivity contribution in [2.75, 3.05) is 26.3 Å². The van der Waals surface area contributed by atoms with Crippen LogP contribution in [-0.4, -0.2) is 48.3 Å². The van der Waals surface area contributed by atoms with Gasteiger partial charge in [-0.1, -0.05) is 36.4 Å². The van der Waals surface area contributed by atoms with Gasteiger partial charge >= 0.3 is 0 Å². The van der Waals surface area contributed by atoms with E-state index in [1.165, 1.54) is 23.7 Å². The molecule has 0 atom stereocenters. The van der Waals surface area contributed by atoms with E-state index in [4.69, 9.17) is 9.94 Å².